The van der Waals surface area contributed by atoms with Gasteiger partial charge < -0.3 is 20.1 Å². The lowest BCUT2D eigenvalue weighted by Crippen LogP contribution is -2.42. The topological polar surface area (TPSA) is 146 Å². The van der Waals surface area contributed by atoms with E-state index < -0.39 is 17.8 Å². The number of carbonyl (C=O) groups is 4. The maximum atomic E-state index is 13.8. The van der Waals surface area contributed by atoms with Crippen molar-refractivity contribution in [2.45, 2.75) is 35.5 Å². The van der Waals surface area contributed by atoms with Gasteiger partial charge in [-0.1, -0.05) is 57.6 Å². The number of rotatable bonds is 9. The van der Waals surface area contributed by atoms with E-state index in [-0.39, 0.29) is 77.5 Å². The van der Waals surface area contributed by atoms with Gasteiger partial charge in [-0.2, -0.15) is 0 Å². The molecule has 7 atom stereocenters. The molecule has 4 aromatic rings. The fraction of sp³-hybridized carbons (Fsp3) is 0.343. The van der Waals surface area contributed by atoms with Gasteiger partial charge in [0.05, 0.1) is 16.9 Å². The molecule has 1 aromatic heterocycles. The molecule has 246 valence electrons. The normalized spacial score (nSPS) is 26.8. The molecule has 3 N–H and O–H groups in total. The zero-order valence-electron chi connectivity index (χ0n) is 25.4. The van der Waals surface area contributed by atoms with Crippen molar-refractivity contribution in [3.63, 3.8) is 0 Å². The van der Waals surface area contributed by atoms with E-state index in [2.05, 4.69) is 26.2 Å². The van der Waals surface area contributed by atoms with Crippen LogP contribution in [0.3, 0.4) is 0 Å². The zero-order valence-corrected chi connectivity index (χ0v) is 28.6. The molecule has 0 radical (unpaired) electrons. The van der Waals surface area contributed by atoms with Gasteiger partial charge in [0.15, 0.2) is 6.61 Å². The molecule has 6 unspecified atom stereocenters. The molecule has 3 fully saturated rings. The third kappa shape index (κ3) is 5.26. The molecule has 3 heterocycles. The van der Waals surface area contributed by atoms with Crippen LogP contribution in [0.15, 0.2) is 75.0 Å². The van der Waals surface area contributed by atoms with Gasteiger partial charge in [0.25, 0.3) is 5.91 Å². The van der Waals surface area contributed by atoms with Crippen LogP contribution < -0.4 is 14.9 Å². The minimum atomic E-state index is -0.960. The maximum Gasteiger partial charge on any atom is 0.305 e. The monoisotopic (exact) mass is 747 g/mol. The summed E-state index contributed by atoms with van der Waals surface area (Å²) in [7, 11) is 0. The Labute approximate surface area is 291 Å². The van der Waals surface area contributed by atoms with Crippen molar-refractivity contribution in [2.24, 2.45) is 29.6 Å². The largest absolute Gasteiger partial charge is 0.483 e. The van der Waals surface area contributed by atoms with E-state index in [1.807, 2.05) is 60.7 Å². The van der Waals surface area contributed by atoms with Gasteiger partial charge in [-0.15, -0.1) is 11.8 Å². The number of aromatic nitrogens is 1. The average molecular weight is 749 g/mol. The van der Waals surface area contributed by atoms with Gasteiger partial charge in [-0.05, 0) is 71.7 Å². The number of nitrogens with one attached hydrogen (secondary N) is 2. The number of thiazole rings is 1. The van der Waals surface area contributed by atoms with E-state index in [4.69, 9.17) is 9.84 Å². The third-order valence-corrected chi connectivity index (χ3v) is 13.4. The number of carboxylic acids is 1. The molecule has 1 saturated heterocycles. The summed E-state index contributed by atoms with van der Waals surface area (Å²) in [6, 6.07) is 19.3. The van der Waals surface area contributed by atoms with Crippen LogP contribution in [0.2, 0.25) is 0 Å². The lowest BCUT2D eigenvalue weighted by molar-refractivity contribution is -0.142. The Balaban J connectivity index is 1.09. The molecule has 3 amide bonds. The van der Waals surface area contributed by atoms with E-state index in [1.54, 1.807) is 11.8 Å². The van der Waals surface area contributed by atoms with Crippen molar-refractivity contribution < 1.29 is 29.0 Å². The minimum Gasteiger partial charge on any atom is -0.483 e. The fourth-order valence-electron chi connectivity index (χ4n) is 8.54. The van der Waals surface area contributed by atoms with Gasteiger partial charge in [0, 0.05) is 44.7 Å². The molecule has 10 nitrogen and oxygen atoms in total. The maximum absolute atomic E-state index is 13.8. The number of aliphatic carboxylic acids is 1. The number of imide groups is 1. The number of anilines is 1. The van der Waals surface area contributed by atoms with E-state index in [1.165, 1.54) is 4.90 Å². The highest BCUT2D eigenvalue weighted by Crippen LogP contribution is 2.69. The number of benzene rings is 3. The number of hydrogen-bond donors (Lipinski definition) is 3. The molecule has 13 heteroatoms. The van der Waals surface area contributed by atoms with Crippen LogP contribution in [-0.4, -0.2) is 57.1 Å². The van der Waals surface area contributed by atoms with Crippen molar-refractivity contribution in [3.05, 3.63) is 85.2 Å². The van der Waals surface area contributed by atoms with E-state index in [0.29, 0.717) is 11.4 Å². The third-order valence-electron chi connectivity index (χ3n) is 10.3. The van der Waals surface area contributed by atoms with Crippen LogP contribution in [0.5, 0.6) is 5.75 Å². The van der Waals surface area contributed by atoms with E-state index in [0.717, 1.165) is 48.5 Å². The Morgan fingerprint density at radius 1 is 1.00 bits per heavy atom. The highest BCUT2D eigenvalue weighted by molar-refractivity contribution is 9.10. The van der Waals surface area contributed by atoms with Gasteiger partial charge in [-0.25, -0.2) is 0 Å². The first kappa shape index (κ1) is 31.3. The molecule has 2 saturated carbocycles. The molecule has 3 aromatic carbocycles. The van der Waals surface area contributed by atoms with Crippen molar-refractivity contribution in [1.29, 1.82) is 0 Å². The van der Waals surface area contributed by atoms with E-state index in [9.17, 15) is 24.0 Å². The summed E-state index contributed by atoms with van der Waals surface area (Å²) in [6.07, 6.45) is 0.839. The summed E-state index contributed by atoms with van der Waals surface area (Å²) in [5, 5.41) is 14.9. The van der Waals surface area contributed by atoms with Gasteiger partial charge in [-0.3, -0.25) is 28.9 Å². The predicted octanol–water partition coefficient (Wildman–Crippen LogP) is 5.71. The van der Waals surface area contributed by atoms with Crippen molar-refractivity contribution in [1.82, 2.24) is 9.88 Å². The molecule has 4 aliphatic rings. The molecular weight excluding hydrogens is 718 g/mol. The summed E-state index contributed by atoms with van der Waals surface area (Å²) < 4.78 is 7.03. The number of thioether (sulfide) groups is 1. The number of nitrogens with zero attached hydrogens (tertiary/aromatic N) is 1. The van der Waals surface area contributed by atoms with Crippen LogP contribution in [0.4, 0.5) is 5.69 Å². The number of likely N-dealkylation sites (tertiary alicyclic amines) is 1. The van der Waals surface area contributed by atoms with Crippen molar-refractivity contribution in [2.75, 3.05) is 18.5 Å². The Bertz CT molecular complexity index is 2060. The number of amides is 3. The molecule has 8 rings (SSSR count). The number of halogens is 1. The Morgan fingerprint density at radius 3 is 2.56 bits per heavy atom. The summed E-state index contributed by atoms with van der Waals surface area (Å²) in [6.45, 7) is -0.129. The quantitative estimate of drug-likeness (QED) is 0.185. The smallest absolute Gasteiger partial charge is 0.305 e. The summed E-state index contributed by atoms with van der Waals surface area (Å²) >= 11 is 6.36. The average Bonchev–Trinajstić information content (AvgIpc) is 3.80. The lowest BCUT2D eigenvalue weighted by atomic mass is 9.68. The highest BCUT2D eigenvalue weighted by Gasteiger charge is 2.69. The number of hydrogen-bond acceptors (Lipinski definition) is 8. The SMILES string of the molecule is O=C(O)CCCN1C(=O)C2C3CC(C2C1=O)C1C3Sc2[nH]c(=O)sc2[C@@H]1c1cc(Br)ccc1OCC(=O)Nc1ccc2ccccc2c1. The van der Waals surface area contributed by atoms with Crippen LogP contribution in [0.1, 0.15) is 35.6 Å². The summed E-state index contributed by atoms with van der Waals surface area (Å²) in [4.78, 5) is 69.3. The zero-order chi connectivity index (χ0) is 33.3. The summed E-state index contributed by atoms with van der Waals surface area (Å²) in [5.41, 5.74) is 1.48. The van der Waals surface area contributed by atoms with Crippen molar-refractivity contribution in [3.8, 4) is 5.75 Å². The molecular formula is C35H30BrN3O7S2. The van der Waals surface area contributed by atoms with Gasteiger partial charge in [0.1, 0.15) is 5.75 Å². The molecule has 48 heavy (non-hydrogen) atoms. The minimum absolute atomic E-state index is 0.0160. The second-order valence-corrected chi connectivity index (χ2v) is 16.0. The van der Waals surface area contributed by atoms with E-state index >= 15 is 0 Å². The molecule has 2 aliphatic carbocycles. The molecule has 2 bridgehead atoms. The van der Waals surface area contributed by atoms with Crippen LogP contribution in [-0.2, 0) is 19.2 Å². The lowest BCUT2D eigenvalue weighted by Gasteiger charge is -2.43. The van der Waals surface area contributed by atoms with Gasteiger partial charge in [0.2, 0.25) is 11.8 Å². The van der Waals surface area contributed by atoms with Crippen LogP contribution >= 0.6 is 39.0 Å². The second-order valence-electron chi connectivity index (χ2n) is 12.9. The predicted molar refractivity (Wildman–Crippen MR) is 184 cm³/mol. The number of aromatic amines is 1. The first-order chi connectivity index (χ1) is 23.2. The van der Waals surface area contributed by atoms with Crippen LogP contribution in [0.25, 0.3) is 10.8 Å². The number of H-pyrrole nitrogens is 1. The Kier molecular flexibility index (Phi) is 7.96. The van der Waals surface area contributed by atoms with Crippen LogP contribution in [0, 0.1) is 29.6 Å². The number of carboxylic acid groups (broad SMARTS) is 1. The second kappa shape index (κ2) is 12.2. The number of carbonyl (C=O) groups excluding carboxylic acids is 3. The first-order valence-corrected chi connectivity index (χ1v) is 18.3. The first-order valence-electron chi connectivity index (χ1n) is 15.9. The fourth-order valence-corrected chi connectivity index (χ4v) is 11.8. The molecule has 0 spiro atoms. The molecule has 2 aliphatic heterocycles. The Morgan fingerprint density at radius 2 is 1.77 bits per heavy atom. The summed E-state index contributed by atoms with van der Waals surface area (Å²) in [5.74, 6) is -2.61. The van der Waals surface area contributed by atoms with Crippen molar-refractivity contribution >= 4 is 79.2 Å². The number of fused-ring (bicyclic) bond motifs is 10. The number of ether oxygens (including phenoxy) is 1. The van der Waals surface area contributed by atoms with Gasteiger partial charge >= 0.3 is 10.8 Å². The Hall–Kier alpha value is -3.94. The highest BCUT2D eigenvalue weighted by atomic mass is 79.9. The standard InChI is InChI=1S/C35H30BrN3O7S2/c36-18-8-10-23(46-15-24(40)37-19-9-7-16-4-1-2-5-17(16)12-19)20(13-18)26-27-21-14-22(30(27)47-32-31(26)48-35(45)38-32)29-28(21)33(43)39(34(29)44)11-3-6-25(41)42/h1-2,4-5,7-10,12-13,21-22,26-30H,3,6,11,14-15H2,(H,37,40)(H,38,45)(H,41,42)/t21?,22?,26-,27?,28?,29?,30?/m1/s1.